The standard InChI is InChI=1S/C9H16F2N2S/c1-14-8-5-12-4-7(8)13-3-2-9(10,11)6-13/h7-8,12H,2-6H2,1H3. The van der Waals surface area contributed by atoms with Crippen LogP contribution in [0, 0.1) is 0 Å². The fourth-order valence-corrected chi connectivity index (χ4v) is 3.16. The first kappa shape index (κ1) is 10.6. The summed E-state index contributed by atoms with van der Waals surface area (Å²) in [6.45, 7) is 2.32. The Labute approximate surface area is 87.4 Å². The SMILES string of the molecule is CSC1CNCC1N1CCC(F)(F)C1. The third-order valence-electron chi connectivity index (χ3n) is 3.10. The molecular weight excluding hydrogens is 206 g/mol. The summed E-state index contributed by atoms with van der Waals surface area (Å²) in [5.74, 6) is -2.45. The Morgan fingerprint density at radius 1 is 1.43 bits per heavy atom. The van der Waals surface area contributed by atoms with Crippen LogP contribution in [-0.4, -0.2) is 54.5 Å². The van der Waals surface area contributed by atoms with Crippen molar-refractivity contribution in [1.82, 2.24) is 10.2 Å². The summed E-state index contributed by atoms with van der Waals surface area (Å²) in [5.41, 5.74) is 0. The molecule has 0 aliphatic carbocycles. The summed E-state index contributed by atoms with van der Waals surface area (Å²) < 4.78 is 26.0. The molecule has 0 bridgehead atoms. The smallest absolute Gasteiger partial charge is 0.261 e. The molecule has 0 amide bonds. The van der Waals surface area contributed by atoms with Gasteiger partial charge in [-0.05, 0) is 6.26 Å². The first-order chi connectivity index (χ1) is 6.62. The van der Waals surface area contributed by atoms with Gasteiger partial charge in [0.2, 0.25) is 0 Å². The van der Waals surface area contributed by atoms with E-state index in [1.165, 1.54) is 0 Å². The molecule has 0 aromatic carbocycles. The highest BCUT2D eigenvalue weighted by atomic mass is 32.2. The lowest BCUT2D eigenvalue weighted by atomic mass is 10.2. The minimum atomic E-state index is -2.45. The number of hydrogen-bond donors (Lipinski definition) is 1. The Morgan fingerprint density at radius 2 is 2.21 bits per heavy atom. The summed E-state index contributed by atoms with van der Waals surface area (Å²) in [6, 6.07) is 0.304. The lowest BCUT2D eigenvalue weighted by molar-refractivity contribution is 0.00874. The zero-order valence-electron chi connectivity index (χ0n) is 8.30. The van der Waals surface area contributed by atoms with Gasteiger partial charge in [0.05, 0.1) is 6.54 Å². The van der Waals surface area contributed by atoms with Crippen molar-refractivity contribution in [3.8, 4) is 0 Å². The molecular formula is C9H16F2N2S. The van der Waals surface area contributed by atoms with Gasteiger partial charge >= 0.3 is 0 Å². The molecule has 14 heavy (non-hydrogen) atoms. The number of alkyl halides is 2. The van der Waals surface area contributed by atoms with E-state index in [2.05, 4.69) is 11.6 Å². The first-order valence-electron chi connectivity index (χ1n) is 4.98. The van der Waals surface area contributed by atoms with Crippen LogP contribution in [0.15, 0.2) is 0 Å². The number of hydrogen-bond acceptors (Lipinski definition) is 3. The molecule has 0 aromatic heterocycles. The van der Waals surface area contributed by atoms with E-state index in [4.69, 9.17) is 0 Å². The van der Waals surface area contributed by atoms with E-state index in [9.17, 15) is 8.78 Å². The number of thioether (sulfide) groups is 1. The van der Waals surface area contributed by atoms with Crippen molar-refractivity contribution < 1.29 is 8.78 Å². The summed E-state index contributed by atoms with van der Waals surface area (Å²) in [5, 5.41) is 3.75. The fourth-order valence-electron chi connectivity index (χ4n) is 2.29. The van der Waals surface area contributed by atoms with Crippen molar-refractivity contribution in [1.29, 1.82) is 0 Å². The molecule has 2 aliphatic heterocycles. The molecule has 2 atom stereocenters. The second-order valence-electron chi connectivity index (χ2n) is 4.08. The van der Waals surface area contributed by atoms with Crippen LogP contribution in [0.2, 0.25) is 0 Å². The van der Waals surface area contributed by atoms with E-state index in [0.29, 0.717) is 17.8 Å². The molecule has 2 heterocycles. The Morgan fingerprint density at radius 3 is 2.79 bits per heavy atom. The maximum Gasteiger partial charge on any atom is 0.261 e. The van der Waals surface area contributed by atoms with Crippen molar-refractivity contribution in [3.05, 3.63) is 0 Å². The Kier molecular flexibility index (Phi) is 3.00. The van der Waals surface area contributed by atoms with Crippen molar-refractivity contribution in [2.75, 3.05) is 32.4 Å². The van der Waals surface area contributed by atoms with Gasteiger partial charge < -0.3 is 5.32 Å². The van der Waals surface area contributed by atoms with E-state index >= 15 is 0 Å². The molecule has 2 fully saturated rings. The molecule has 2 saturated heterocycles. The van der Waals surface area contributed by atoms with E-state index in [-0.39, 0.29) is 13.0 Å². The van der Waals surface area contributed by atoms with Crippen molar-refractivity contribution in [2.24, 2.45) is 0 Å². The number of rotatable bonds is 2. The lowest BCUT2D eigenvalue weighted by Gasteiger charge is -2.27. The van der Waals surface area contributed by atoms with Gasteiger partial charge in [-0.3, -0.25) is 4.90 Å². The van der Waals surface area contributed by atoms with Crippen LogP contribution in [0.4, 0.5) is 8.78 Å². The summed E-state index contributed by atoms with van der Waals surface area (Å²) in [4.78, 5) is 1.95. The molecule has 2 rings (SSSR count). The largest absolute Gasteiger partial charge is 0.314 e. The van der Waals surface area contributed by atoms with Crippen molar-refractivity contribution >= 4 is 11.8 Å². The van der Waals surface area contributed by atoms with Gasteiger partial charge in [0.25, 0.3) is 5.92 Å². The highest BCUT2D eigenvalue weighted by Crippen LogP contribution is 2.31. The maximum atomic E-state index is 13.0. The molecule has 1 N–H and O–H groups in total. The van der Waals surface area contributed by atoms with Crippen LogP contribution in [0.3, 0.4) is 0 Å². The fraction of sp³-hybridized carbons (Fsp3) is 1.00. The number of halogens is 2. The third kappa shape index (κ3) is 2.04. The second kappa shape index (κ2) is 3.94. The molecule has 0 radical (unpaired) electrons. The number of nitrogens with zero attached hydrogens (tertiary/aromatic N) is 1. The van der Waals surface area contributed by atoms with Crippen molar-refractivity contribution in [3.63, 3.8) is 0 Å². The first-order valence-corrected chi connectivity index (χ1v) is 6.26. The molecule has 2 nitrogen and oxygen atoms in total. The number of nitrogens with one attached hydrogen (secondary N) is 1. The zero-order chi connectivity index (χ0) is 10.2. The summed E-state index contributed by atoms with van der Waals surface area (Å²) in [6.07, 6.45) is 2.09. The average molecular weight is 222 g/mol. The molecule has 5 heteroatoms. The monoisotopic (exact) mass is 222 g/mol. The highest BCUT2D eigenvalue weighted by Gasteiger charge is 2.43. The highest BCUT2D eigenvalue weighted by molar-refractivity contribution is 7.99. The minimum absolute atomic E-state index is 0.0323. The van der Waals surface area contributed by atoms with Gasteiger partial charge in [-0.15, -0.1) is 0 Å². The number of likely N-dealkylation sites (tertiary alicyclic amines) is 1. The van der Waals surface area contributed by atoms with Gasteiger partial charge in [-0.1, -0.05) is 0 Å². The van der Waals surface area contributed by atoms with E-state index in [0.717, 1.165) is 13.1 Å². The molecule has 2 aliphatic rings. The topological polar surface area (TPSA) is 15.3 Å². The van der Waals surface area contributed by atoms with Gasteiger partial charge in [0.15, 0.2) is 0 Å². The van der Waals surface area contributed by atoms with E-state index in [1.54, 1.807) is 11.8 Å². The van der Waals surface area contributed by atoms with Crippen LogP contribution in [0.5, 0.6) is 0 Å². The van der Waals surface area contributed by atoms with Gasteiger partial charge in [0, 0.05) is 37.3 Å². The predicted octanol–water partition coefficient (Wildman–Crippen LogP) is 1.03. The van der Waals surface area contributed by atoms with Gasteiger partial charge in [-0.25, -0.2) is 8.78 Å². The lowest BCUT2D eigenvalue weighted by Crippen LogP contribution is -2.41. The quantitative estimate of drug-likeness (QED) is 0.751. The van der Waals surface area contributed by atoms with Crippen LogP contribution < -0.4 is 5.32 Å². The third-order valence-corrected chi connectivity index (χ3v) is 4.19. The van der Waals surface area contributed by atoms with Crippen LogP contribution in [-0.2, 0) is 0 Å². The van der Waals surface area contributed by atoms with E-state index < -0.39 is 5.92 Å². The molecule has 0 spiro atoms. The minimum Gasteiger partial charge on any atom is -0.314 e. The van der Waals surface area contributed by atoms with Gasteiger partial charge in [-0.2, -0.15) is 11.8 Å². The summed E-state index contributed by atoms with van der Waals surface area (Å²) in [7, 11) is 0. The predicted molar refractivity (Wildman–Crippen MR) is 55.1 cm³/mol. The van der Waals surface area contributed by atoms with Gasteiger partial charge in [0.1, 0.15) is 0 Å². The average Bonchev–Trinajstić information content (AvgIpc) is 2.70. The maximum absolute atomic E-state index is 13.0. The summed E-state index contributed by atoms with van der Waals surface area (Å²) >= 11 is 1.78. The normalized spacial score (nSPS) is 37.9. The van der Waals surface area contributed by atoms with E-state index in [1.807, 2.05) is 4.90 Å². The molecule has 0 aromatic rings. The van der Waals surface area contributed by atoms with Crippen LogP contribution in [0.1, 0.15) is 6.42 Å². The molecule has 2 unspecified atom stereocenters. The van der Waals surface area contributed by atoms with Crippen LogP contribution >= 0.6 is 11.8 Å². The molecule has 0 saturated carbocycles. The Balaban J connectivity index is 1.95. The Bertz CT molecular complexity index is 213. The Hall–Kier alpha value is 0.130. The zero-order valence-corrected chi connectivity index (χ0v) is 9.12. The molecule has 82 valence electrons. The van der Waals surface area contributed by atoms with Crippen molar-refractivity contribution in [2.45, 2.75) is 23.6 Å². The second-order valence-corrected chi connectivity index (χ2v) is 5.15. The van der Waals surface area contributed by atoms with Crippen LogP contribution in [0.25, 0.3) is 0 Å².